The number of amides is 4. The van der Waals surface area contributed by atoms with Crippen molar-refractivity contribution in [2.75, 3.05) is 19.7 Å². The lowest BCUT2D eigenvalue weighted by Crippen LogP contribution is -2.43. The lowest BCUT2D eigenvalue weighted by molar-refractivity contribution is -0.141. The molecular weight excluding hydrogens is 282 g/mol. The molecule has 2 heterocycles. The van der Waals surface area contributed by atoms with Crippen molar-refractivity contribution in [3.63, 3.8) is 0 Å². The number of carboxylic acids is 1. The molecule has 21 heavy (non-hydrogen) atoms. The first-order chi connectivity index (χ1) is 9.95. The molecule has 2 aliphatic rings. The minimum atomic E-state index is -1.21. The zero-order chi connectivity index (χ0) is 15.6. The van der Waals surface area contributed by atoms with E-state index < -0.39 is 36.1 Å². The van der Waals surface area contributed by atoms with Crippen LogP contribution in [-0.4, -0.2) is 70.7 Å². The second-order valence-corrected chi connectivity index (χ2v) is 4.68. The number of nitrogens with zero attached hydrogens (tertiary/aromatic N) is 2. The molecule has 114 valence electrons. The van der Waals surface area contributed by atoms with Gasteiger partial charge in [0.2, 0.25) is 5.91 Å². The molecule has 0 spiro atoms. The minimum absolute atomic E-state index is 0.0162. The van der Waals surface area contributed by atoms with Crippen LogP contribution in [0.2, 0.25) is 0 Å². The number of hydrogen-bond acceptors (Lipinski definition) is 5. The summed E-state index contributed by atoms with van der Waals surface area (Å²) in [6, 6.07) is -2.37. The number of carboxylic acid groups (broad SMARTS) is 1. The maximum Gasteiger partial charge on any atom is 0.410 e. The molecule has 2 N–H and O–H groups in total. The lowest BCUT2D eigenvalue weighted by atomic mass is 10.1. The Morgan fingerprint density at radius 1 is 1.48 bits per heavy atom. The van der Waals surface area contributed by atoms with E-state index in [4.69, 9.17) is 4.74 Å². The zero-order valence-corrected chi connectivity index (χ0v) is 11.2. The van der Waals surface area contributed by atoms with Crippen molar-refractivity contribution in [2.24, 2.45) is 0 Å². The summed E-state index contributed by atoms with van der Waals surface area (Å²) in [6.45, 7) is 3.17. The fraction of sp³-hybridized carbons (Fsp3) is 0.500. The van der Waals surface area contributed by atoms with Gasteiger partial charge in [0.15, 0.2) is 0 Å². The highest BCUT2D eigenvalue weighted by Crippen LogP contribution is 2.24. The van der Waals surface area contributed by atoms with Crippen LogP contribution in [-0.2, 0) is 14.3 Å². The monoisotopic (exact) mass is 297 g/mol. The van der Waals surface area contributed by atoms with Crippen LogP contribution >= 0.6 is 0 Å². The fourth-order valence-electron chi connectivity index (χ4n) is 2.45. The summed E-state index contributed by atoms with van der Waals surface area (Å²) in [4.78, 5) is 48.3. The Bertz CT molecular complexity index is 489. The molecule has 0 bridgehead atoms. The molecule has 0 aliphatic carbocycles. The van der Waals surface area contributed by atoms with Gasteiger partial charge in [0.05, 0.1) is 12.6 Å². The predicted molar refractivity (Wildman–Crippen MR) is 68.3 cm³/mol. The molecule has 2 aliphatic heterocycles. The van der Waals surface area contributed by atoms with Crippen LogP contribution in [0.3, 0.4) is 0 Å². The van der Waals surface area contributed by atoms with Crippen LogP contribution < -0.4 is 5.32 Å². The number of imide groups is 1. The Kier molecular flexibility index (Phi) is 4.10. The third-order valence-corrected chi connectivity index (χ3v) is 3.37. The Morgan fingerprint density at radius 3 is 2.71 bits per heavy atom. The summed E-state index contributed by atoms with van der Waals surface area (Å²) in [6.07, 6.45) is 0.535. The molecule has 9 heteroatoms. The van der Waals surface area contributed by atoms with E-state index in [0.29, 0.717) is 0 Å². The van der Waals surface area contributed by atoms with Crippen LogP contribution in [0.25, 0.3) is 0 Å². The molecule has 2 fully saturated rings. The van der Waals surface area contributed by atoms with E-state index in [9.17, 15) is 24.3 Å². The van der Waals surface area contributed by atoms with E-state index in [2.05, 4.69) is 11.9 Å². The molecule has 2 saturated heterocycles. The van der Waals surface area contributed by atoms with E-state index in [0.717, 1.165) is 9.80 Å². The van der Waals surface area contributed by atoms with Gasteiger partial charge >= 0.3 is 18.1 Å². The van der Waals surface area contributed by atoms with Gasteiger partial charge in [0.25, 0.3) is 0 Å². The van der Waals surface area contributed by atoms with E-state index in [1.807, 2.05) is 0 Å². The smallest absolute Gasteiger partial charge is 0.410 e. The Labute approximate surface area is 120 Å². The third kappa shape index (κ3) is 2.81. The fourth-order valence-corrected chi connectivity index (χ4v) is 2.45. The molecule has 0 aromatic rings. The molecule has 0 saturated carbocycles. The van der Waals surface area contributed by atoms with E-state index in [-0.39, 0.29) is 26.1 Å². The second-order valence-electron chi connectivity index (χ2n) is 4.68. The number of aliphatic carboxylic acids is 1. The average Bonchev–Trinajstić information content (AvgIpc) is 3.00. The number of urea groups is 1. The van der Waals surface area contributed by atoms with Crippen molar-refractivity contribution < 1.29 is 29.0 Å². The van der Waals surface area contributed by atoms with Crippen LogP contribution in [0.4, 0.5) is 9.59 Å². The van der Waals surface area contributed by atoms with Crippen LogP contribution in [0, 0.1) is 0 Å². The van der Waals surface area contributed by atoms with Gasteiger partial charge in [-0.3, -0.25) is 14.6 Å². The topological polar surface area (TPSA) is 116 Å². The van der Waals surface area contributed by atoms with Crippen molar-refractivity contribution >= 4 is 24.0 Å². The van der Waals surface area contributed by atoms with Crippen molar-refractivity contribution in [3.8, 4) is 0 Å². The number of hydrogen-bond donors (Lipinski definition) is 2. The van der Waals surface area contributed by atoms with Crippen molar-refractivity contribution in [2.45, 2.75) is 18.5 Å². The number of carbonyl (C=O) groups is 4. The third-order valence-electron chi connectivity index (χ3n) is 3.37. The highest BCUT2D eigenvalue weighted by Gasteiger charge is 2.47. The summed E-state index contributed by atoms with van der Waals surface area (Å²) in [5.41, 5.74) is 0. The first-order valence-corrected chi connectivity index (χ1v) is 6.32. The van der Waals surface area contributed by atoms with E-state index >= 15 is 0 Å². The maximum absolute atomic E-state index is 11.8. The summed E-state index contributed by atoms with van der Waals surface area (Å²) >= 11 is 0. The average molecular weight is 297 g/mol. The van der Waals surface area contributed by atoms with Crippen molar-refractivity contribution in [1.29, 1.82) is 0 Å². The molecule has 2 rings (SSSR count). The Hall–Kier alpha value is -2.58. The number of ether oxygens (including phenoxy) is 1. The summed E-state index contributed by atoms with van der Waals surface area (Å²) < 4.78 is 4.82. The number of likely N-dealkylation sites (tertiary alicyclic amines) is 1. The number of rotatable bonds is 4. The van der Waals surface area contributed by atoms with Crippen LogP contribution in [0.1, 0.15) is 6.42 Å². The van der Waals surface area contributed by atoms with Gasteiger partial charge in [-0.15, -0.1) is 0 Å². The molecule has 4 amide bonds. The standard InChI is InChI=1S/C12H15N3O6/c1-2-3-21-12(20)14-6-7(4-8(14)10(17)18)15-9(16)5-13-11(15)19/h2,7-8H,1,3-6H2,(H,13,19)(H,17,18)/t7-,8-/m0/s1. The van der Waals surface area contributed by atoms with Gasteiger partial charge in [-0.1, -0.05) is 12.7 Å². The summed E-state index contributed by atoms with van der Waals surface area (Å²) in [7, 11) is 0. The van der Waals surface area contributed by atoms with Gasteiger partial charge in [0, 0.05) is 13.0 Å². The van der Waals surface area contributed by atoms with Crippen LogP contribution in [0.5, 0.6) is 0 Å². The van der Waals surface area contributed by atoms with Gasteiger partial charge in [0.1, 0.15) is 12.6 Å². The Balaban J connectivity index is 2.13. The van der Waals surface area contributed by atoms with Crippen LogP contribution in [0.15, 0.2) is 12.7 Å². The quantitative estimate of drug-likeness (QED) is 0.528. The molecule has 0 aromatic carbocycles. The molecule has 2 atom stereocenters. The van der Waals surface area contributed by atoms with Gasteiger partial charge in [-0.05, 0) is 0 Å². The van der Waals surface area contributed by atoms with E-state index in [1.54, 1.807) is 0 Å². The van der Waals surface area contributed by atoms with Crippen molar-refractivity contribution in [3.05, 3.63) is 12.7 Å². The van der Waals surface area contributed by atoms with E-state index in [1.165, 1.54) is 6.08 Å². The molecule has 0 radical (unpaired) electrons. The minimum Gasteiger partial charge on any atom is -0.480 e. The largest absolute Gasteiger partial charge is 0.480 e. The Morgan fingerprint density at radius 2 is 2.19 bits per heavy atom. The first kappa shape index (κ1) is 14.8. The first-order valence-electron chi connectivity index (χ1n) is 6.32. The zero-order valence-electron chi connectivity index (χ0n) is 11.2. The van der Waals surface area contributed by atoms with Gasteiger partial charge in [-0.2, -0.15) is 0 Å². The number of nitrogens with one attached hydrogen (secondary N) is 1. The number of carbonyl (C=O) groups excluding carboxylic acids is 3. The molecule has 0 unspecified atom stereocenters. The van der Waals surface area contributed by atoms with Gasteiger partial charge < -0.3 is 15.2 Å². The summed E-state index contributed by atoms with van der Waals surface area (Å²) in [5, 5.41) is 11.5. The van der Waals surface area contributed by atoms with Crippen molar-refractivity contribution in [1.82, 2.24) is 15.1 Å². The maximum atomic E-state index is 11.8. The molecule has 9 nitrogen and oxygen atoms in total. The highest BCUT2D eigenvalue weighted by atomic mass is 16.6. The molecule has 0 aromatic heterocycles. The predicted octanol–water partition coefficient (Wildman–Crippen LogP) is -0.612. The normalized spacial score (nSPS) is 25.0. The van der Waals surface area contributed by atoms with Gasteiger partial charge in [-0.25, -0.2) is 14.4 Å². The summed E-state index contributed by atoms with van der Waals surface area (Å²) in [5.74, 6) is -1.64. The SMILES string of the molecule is C=CCOC(=O)N1C[C@@H](N2C(=O)CNC2=O)C[C@H]1C(=O)O. The second kappa shape index (κ2) is 5.81. The highest BCUT2D eigenvalue weighted by molar-refractivity contribution is 6.02. The molecular formula is C12H15N3O6. The lowest BCUT2D eigenvalue weighted by Gasteiger charge is -2.21.